The van der Waals surface area contributed by atoms with E-state index in [1.165, 1.54) is 0 Å². The minimum Gasteiger partial charge on any atom is -0.497 e. The molecule has 1 aromatic heterocycles. The second-order valence-corrected chi connectivity index (χ2v) is 7.94. The van der Waals surface area contributed by atoms with Gasteiger partial charge in [-0.3, -0.25) is 9.69 Å². The van der Waals surface area contributed by atoms with Gasteiger partial charge in [-0.1, -0.05) is 23.4 Å². The van der Waals surface area contributed by atoms with Gasteiger partial charge in [-0.05, 0) is 49.2 Å². The Kier molecular flexibility index (Phi) is 7.57. The molecule has 0 aliphatic carbocycles. The summed E-state index contributed by atoms with van der Waals surface area (Å²) >= 11 is 0. The Balaban J connectivity index is 1.24. The van der Waals surface area contributed by atoms with E-state index < -0.39 is 0 Å². The number of methoxy groups -OCH3 is 1. The normalized spacial score (nSPS) is 14.3. The fourth-order valence-corrected chi connectivity index (χ4v) is 3.93. The van der Waals surface area contributed by atoms with Crippen LogP contribution in [0.1, 0.15) is 24.8 Å². The van der Waals surface area contributed by atoms with Gasteiger partial charge in [0.2, 0.25) is 17.6 Å². The number of hydrogen-bond acceptors (Lipinski definition) is 7. The predicted molar refractivity (Wildman–Crippen MR) is 124 cm³/mol. The zero-order chi connectivity index (χ0) is 23.0. The van der Waals surface area contributed by atoms with Crippen LogP contribution in [0.4, 0.5) is 0 Å². The van der Waals surface area contributed by atoms with Crippen LogP contribution < -0.4 is 9.47 Å². The summed E-state index contributed by atoms with van der Waals surface area (Å²) in [5, 5.41) is 4.10. The van der Waals surface area contributed by atoms with Gasteiger partial charge in [0.05, 0.1) is 20.3 Å². The number of rotatable bonds is 9. The van der Waals surface area contributed by atoms with Crippen LogP contribution >= 0.6 is 0 Å². The van der Waals surface area contributed by atoms with Crippen molar-refractivity contribution in [2.45, 2.75) is 26.3 Å². The van der Waals surface area contributed by atoms with Gasteiger partial charge in [0, 0.05) is 38.2 Å². The molecule has 0 radical (unpaired) electrons. The first-order chi connectivity index (χ1) is 16.2. The van der Waals surface area contributed by atoms with Crippen LogP contribution in [0.2, 0.25) is 0 Å². The van der Waals surface area contributed by atoms with E-state index in [0.29, 0.717) is 50.8 Å². The molecule has 8 heteroatoms. The third-order valence-corrected chi connectivity index (χ3v) is 5.78. The SMILES string of the molecule is CCOc1ccccc1CCC(=O)N1CCN(Cc2nc(-c3ccc(OC)cc3)no2)CC1. The van der Waals surface area contributed by atoms with Gasteiger partial charge >= 0.3 is 0 Å². The van der Waals surface area contributed by atoms with E-state index in [2.05, 4.69) is 15.0 Å². The molecule has 1 fully saturated rings. The zero-order valence-electron chi connectivity index (χ0n) is 19.2. The lowest BCUT2D eigenvalue weighted by Gasteiger charge is -2.34. The molecule has 1 amide bonds. The molecule has 1 aliphatic rings. The van der Waals surface area contributed by atoms with Crippen LogP contribution in [0.15, 0.2) is 53.1 Å². The van der Waals surface area contributed by atoms with Crippen molar-refractivity contribution in [3.63, 3.8) is 0 Å². The molecule has 3 aromatic rings. The molecule has 4 rings (SSSR count). The number of hydrogen-bond donors (Lipinski definition) is 0. The highest BCUT2D eigenvalue weighted by Gasteiger charge is 2.23. The smallest absolute Gasteiger partial charge is 0.241 e. The molecule has 2 heterocycles. The summed E-state index contributed by atoms with van der Waals surface area (Å²) in [5.41, 5.74) is 1.96. The highest BCUT2D eigenvalue weighted by molar-refractivity contribution is 5.76. The van der Waals surface area contributed by atoms with E-state index in [9.17, 15) is 4.79 Å². The Labute approximate surface area is 194 Å². The van der Waals surface area contributed by atoms with Crippen LogP contribution in [0.25, 0.3) is 11.4 Å². The molecule has 1 saturated heterocycles. The van der Waals surface area contributed by atoms with Crippen LogP contribution in [-0.2, 0) is 17.8 Å². The van der Waals surface area contributed by atoms with E-state index in [1.54, 1.807) is 7.11 Å². The van der Waals surface area contributed by atoms with Gasteiger partial charge in [0.1, 0.15) is 11.5 Å². The van der Waals surface area contributed by atoms with Gasteiger partial charge in [0.25, 0.3) is 0 Å². The molecule has 0 atom stereocenters. The highest BCUT2D eigenvalue weighted by Crippen LogP contribution is 2.21. The number of para-hydroxylation sites is 1. The third kappa shape index (κ3) is 5.90. The summed E-state index contributed by atoms with van der Waals surface area (Å²) in [4.78, 5) is 21.4. The minimum atomic E-state index is 0.181. The number of amides is 1. The quantitative estimate of drug-likeness (QED) is 0.494. The van der Waals surface area contributed by atoms with Crippen molar-refractivity contribution in [3.05, 3.63) is 60.0 Å². The lowest BCUT2D eigenvalue weighted by molar-refractivity contribution is -0.133. The number of aryl methyl sites for hydroxylation is 1. The number of carbonyl (C=O) groups excluding carboxylic acids is 1. The first kappa shape index (κ1) is 22.8. The standard InChI is InChI=1S/C25H30N4O4/c1-3-32-22-7-5-4-6-19(22)10-13-24(30)29-16-14-28(15-17-29)18-23-26-25(27-33-23)20-8-11-21(31-2)12-9-20/h4-9,11-12H,3,10,13-18H2,1-2H3. The van der Waals surface area contributed by atoms with Crippen molar-refractivity contribution in [2.24, 2.45) is 0 Å². The second-order valence-electron chi connectivity index (χ2n) is 7.94. The number of nitrogens with zero attached hydrogens (tertiary/aromatic N) is 4. The average molecular weight is 451 g/mol. The van der Waals surface area contributed by atoms with Crippen LogP contribution in [-0.4, -0.2) is 65.7 Å². The van der Waals surface area contributed by atoms with Gasteiger partial charge in [-0.2, -0.15) is 4.98 Å². The maximum absolute atomic E-state index is 12.7. The Bertz CT molecular complexity index is 1040. The van der Waals surface area contributed by atoms with Crippen LogP contribution in [0, 0.1) is 0 Å². The second kappa shape index (κ2) is 11.0. The largest absolute Gasteiger partial charge is 0.497 e. The van der Waals surface area contributed by atoms with Gasteiger partial charge in [-0.25, -0.2) is 0 Å². The summed E-state index contributed by atoms with van der Waals surface area (Å²) in [6, 6.07) is 15.5. The number of carbonyl (C=O) groups is 1. The summed E-state index contributed by atoms with van der Waals surface area (Å²) in [6.45, 7) is 6.12. The van der Waals surface area contributed by atoms with E-state index in [-0.39, 0.29) is 5.91 Å². The molecule has 174 valence electrons. The van der Waals surface area contributed by atoms with E-state index in [0.717, 1.165) is 35.7 Å². The number of aromatic nitrogens is 2. The molecule has 2 aromatic carbocycles. The first-order valence-corrected chi connectivity index (χ1v) is 11.3. The maximum Gasteiger partial charge on any atom is 0.241 e. The molecular formula is C25H30N4O4. The Morgan fingerprint density at radius 1 is 1.06 bits per heavy atom. The van der Waals surface area contributed by atoms with Crippen molar-refractivity contribution < 1.29 is 18.8 Å². The molecular weight excluding hydrogens is 420 g/mol. The lowest BCUT2D eigenvalue weighted by Crippen LogP contribution is -2.48. The number of benzene rings is 2. The van der Waals surface area contributed by atoms with E-state index in [4.69, 9.17) is 14.0 Å². The van der Waals surface area contributed by atoms with Crippen LogP contribution in [0.5, 0.6) is 11.5 Å². The summed E-state index contributed by atoms with van der Waals surface area (Å²) in [5.74, 6) is 2.97. The fraction of sp³-hybridized carbons (Fsp3) is 0.400. The minimum absolute atomic E-state index is 0.181. The Morgan fingerprint density at radius 2 is 1.82 bits per heavy atom. The third-order valence-electron chi connectivity index (χ3n) is 5.78. The van der Waals surface area contributed by atoms with Crippen molar-refractivity contribution in [1.29, 1.82) is 0 Å². The summed E-state index contributed by atoms with van der Waals surface area (Å²) in [6.07, 6.45) is 1.17. The highest BCUT2D eigenvalue weighted by atomic mass is 16.5. The predicted octanol–water partition coefficient (Wildman–Crippen LogP) is 3.42. The molecule has 0 unspecified atom stereocenters. The monoisotopic (exact) mass is 450 g/mol. The van der Waals surface area contributed by atoms with Crippen molar-refractivity contribution in [1.82, 2.24) is 19.9 Å². The molecule has 1 aliphatic heterocycles. The lowest BCUT2D eigenvalue weighted by atomic mass is 10.1. The Morgan fingerprint density at radius 3 is 2.55 bits per heavy atom. The van der Waals surface area contributed by atoms with Crippen LogP contribution in [0.3, 0.4) is 0 Å². The maximum atomic E-state index is 12.7. The molecule has 0 saturated carbocycles. The van der Waals surface area contributed by atoms with E-state index >= 15 is 0 Å². The number of piperazine rings is 1. The Hall–Kier alpha value is -3.39. The zero-order valence-corrected chi connectivity index (χ0v) is 19.2. The van der Waals surface area contributed by atoms with E-state index in [1.807, 2.05) is 60.4 Å². The summed E-state index contributed by atoms with van der Waals surface area (Å²) < 4.78 is 16.3. The topological polar surface area (TPSA) is 80.9 Å². The molecule has 0 bridgehead atoms. The average Bonchev–Trinajstić information content (AvgIpc) is 3.32. The molecule has 8 nitrogen and oxygen atoms in total. The van der Waals surface area contributed by atoms with Crippen molar-refractivity contribution in [2.75, 3.05) is 39.9 Å². The molecule has 0 N–H and O–H groups in total. The van der Waals surface area contributed by atoms with Gasteiger partial charge in [0.15, 0.2) is 0 Å². The van der Waals surface area contributed by atoms with Crippen molar-refractivity contribution in [3.8, 4) is 22.9 Å². The number of ether oxygens (including phenoxy) is 2. The van der Waals surface area contributed by atoms with Gasteiger partial charge < -0.3 is 18.9 Å². The van der Waals surface area contributed by atoms with Gasteiger partial charge in [-0.15, -0.1) is 0 Å². The molecule has 0 spiro atoms. The summed E-state index contributed by atoms with van der Waals surface area (Å²) in [7, 11) is 1.64. The van der Waals surface area contributed by atoms with Crippen molar-refractivity contribution >= 4 is 5.91 Å². The molecule has 33 heavy (non-hydrogen) atoms. The first-order valence-electron chi connectivity index (χ1n) is 11.3. The fourth-order valence-electron chi connectivity index (χ4n) is 3.93.